The Labute approximate surface area is 122 Å². The molecule has 0 aliphatic carbocycles. The number of benzene rings is 2. The van der Waals surface area contributed by atoms with Crippen LogP contribution < -0.4 is 5.73 Å². The molecule has 21 heavy (non-hydrogen) atoms. The van der Waals surface area contributed by atoms with E-state index in [2.05, 4.69) is 48.7 Å². The quantitative estimate of drug-likeness (QED) is 0.606. The molecule has 4 aromatic rings. The minimum Gasteiger partial charge on any atom is -0.326 e. The maximum Gasteiger partial charge on any atom is 0.137 e. The predicted molar refractivity (Wildman–Crippen MR) is 86.0 cm³/mol. The third-order valence-corrected chi connectivity index (χ3v) is 3.81. The van der Waals surface area contributed by atoms with Gasteiger partial charge in [0.05, 0.1) is 5.69 Å². The molecule has 2 aromatic heterocycles. The minimum atomic E-state index is 0.536. The molecule has 0 amide bonds. The smallest absolute Gasteiger partial charge is 0.137 e. The van der Waals surface area contributed by atoms with Crippen LogP contribution in [-0.4, -0.2) is 9.38 Å². The molecule has 0 aliphatic rings. The van der Waals surface area contributed by atoms with Crippen LogP contribution in [-0.2, 0) is 6.54 Å². The first kappa shape index (κ1) is 12.1. The van der Waals surface area contributed by atoms with Gasteiger partial charge in [-0.3, -0.25) is 0 Å². The van der Waals surface area contributed by atoms with Gasteiger partial charge in [0, 0.05) is 24.5 Å². The van der Waals surface area contributed by atoms with Gasteiger partial charge < -0.3 is 10.1 Å². The van der Waals surface area contributed by atoms with E-state index in [4.69, 9.17) is 10.7 Å². The second kappa shape index (κ2) is 4.72. The van der Waals surface area contributed by atoms with Crippen molar-refractivity contribution in [1.82, 2.24) is 9.38 Å². The van der Waals surface area contributed by atoms with Crippen molar-refractivity contribution in [3.63, 3.8) is 0 Å². The van der Waals surface area contributed by atoms with Crippen LogP contribution in [0.5, 0.6) is 0 Å². The van der Waals surface area contributed by atoms with Crippen LogP contribution in [0.25, 0.3) is 27.7 Å². The van der Waals surface area contributed by atoms with E-state index in [1.165, 1.54) is 10.8 Å². The van der Waals surface area contributed by atoms with Crippen molar-refractivity contribution in [1.29, 1.82) is 0 Å². The van der Waals surface area contributed by atoms with Crippen LogP contribution in [0.4, 0.5) is 0 Å². The third-order valence-electron chi connectivity index (χ3n) is 3.81. The number of pyridine rings is 1. The van der Waals surface area contributed by atoms with Crippen LogP contribution in [0.2, 0.25) is 0 Å². The molecule has 0 radical (unpaired) electrons. The molecule has 3 nitrogen and oxygen atoms in total. The highest BCUT2D eigenvalue weighted by atomic mass is 15.0. The number of rotatable bonds is 2. The zero-order chi connectivity index (χ0) is 14.2. The Bertz CT molecular complexity index is 937. The van der Waals surface area contributed by atoms with Crippen LogP contribution in [0.3, 0.4) is 0 Å². The first-order valence-electron chi connectivity index (χ1n) is 7.00. The van der Waals surface area contributed by atoms with Crippen LogP contribution in [0, 0.1) is 0 Å². The Hall–Kier alpha value is -2.65. The molecule has 2 N–H and O–H groups in total. The summed E-state index contributed by atoms with van der Waals surface area (Å²) in [5.74, 6) is 0. The summed E-state index contributed by atoms with van der Waals surface area (Å²) in [4.78, 5) is 4.71. The molecular weight excluding hydrogens is 258 g/mol. The van der Waals surface area contributed by atoms with Crippen LogP contribution in [0.15, 0.2) is 67.0 Å². The highest BCUT2D eigenvalue weighted by Crippen LogP contribution is 2.24. The van der Waals surface area contributed by atoms with Crippen molar-refractivity contribution in [2.45, 2.75) is 6.54 Å². The Balaban J connectivity index is 1.87. The van der Waals surface area contributed by atoms with Crippen molar-refractivity contribution in [2.75, 3.05) is 0 Å². The average Bonchev–Trinajstić information content (AvgIpc) is 2.97. The number of hydrogen-bond donors (Lipinski definition) is 1. The van der Waals surface area contributed by atoms with Gasteiger partial charge in [-0.05, 0) is 34.5 Å². The molecule has 0 saturated heterocycles. The largest absolute Gasteiger partial charge is 0.326 e. The average molecular weight is 273 g/mol. The van der Waals surface area contributed by atoms with E-state index in [0.717, 1.165) is 22.5 Å². The lowest BCUT2D eigenvalue weighted by Crippen LogP contribution is -1.96. The van der Waals surface area contributed by atoms with E-state index in [0.29, 0.717) is 6.54 Å². The monoisotopic (exact) mass is 273 g/mol. The Morgan fingerprint density at radius 2 is 1.81 bits per heavy atom. The van der Waals surface area contributed by atoms with Gasteiger partial charge >= 0.3 is 0 Å². The molecular formula is C18H15N3. The van der Waals surface area contributed by atoms with Crippen molar-refractivity contribution in [2.24, 2.45) is 5.73 Å². The van der Waals surface area contributed by atoms with Gasteiger partial charge in [-0.1, -0.05) is 36.4 Å². The van der Waals surface area contributed by atoms with Crippen LogP contribution >= 0.6 is 0 Å². The third kappa shape index (κ3) is 2.08. The fraction of sp³-hybridized carbons (Fsp3) is 0.0556. The van der Waals surface area contributed by atoms with E-state index < -0.39 is 0 Å². The number of fused-ring (bicyclic) bond motifs is 2. The van der Waals surface area contributed by atoms with Gasteiger partial charge in [0.1, 0.15) is 5.65 Å². The van der Waals surface area contributed by atoms with Crippen molar-refractivity contribution in [3.8, 4) is 11.3 Å². The number of nitrogens with two attached hydrogens (primary N) is 1. The van der Waals surface area contributed by atoms with E-state index in [1.807, 2.05) is 22.7 Å². The summed E-state index contributed by atoms with van der Waals surface area (Å²) in [7, 11) is 0. The SMILES string of the molecule is NCc1ccn2cc(-c3ccc4ccccc4c3)nc2c1. The van der Waals surface area contributed by atoms with E-state index >= 15 is 0 Å². The molecule has 0 spiro atoms. The molecule has 2 aromatic carbocycles. The van der Waals surface area contributed by atoms with Gasteiger partial charge in [0.15, 0.2) is 0 Å². The van der Waals surface area contributed by atoms with Crippen molar-refractivity contribution < 1.29 is 0 Å². The Morgan fingerprint density at radius 3 is 2.67 bits per heavy atom. The lowest BCUT2D eigenvalue weighted by atomic mass is 10.1. The molecule has 3 heteroatoms. The molecule has 0 fully saturated rings. The summed E-state index contributed by atoms with van der Waals surface area (Å²) in [6, 6.07) is 18.9. The molecule has 4 rings (SSSR count). The molecule has 0 aliphatic heterocycles. The highest BCUT2D eigenvalue weighted by Gasteiger charge is 2.05. The lowest BCUT2D eigenvalue weighted by molar-refractivity contribution is 1.05. The molecule has 0 saturated carbocycles. The lowest BCUT2D eigenvalue weighted by Gasteiger charge is -2.00. The summed E-state index contributed by atoms with van der Waals surface area (Å²) in [5, 5.41) is 2.48. The fourth-order valence-electron chi connectivity index (χ4n) is 2.64. The normalized spacial score (nSPS) is 11.3. The second-order valence-corrected chi connectivity index (χ2v) is 5.19. The summed E-state index contributed by atoms with van der Waals surface area (Å²) in [5.41, 5.74) is 9.82. The van der Waals surface area contributed by atoms with E-state index in [-0.39, 0.29) is 0 Å². The predicted octanol–water partition coefficient (Wildman–Crippen LogP) is 3.61. The Morgan fingerprint density at radius 1 is 0.952 bits per heavy atom. The topological polar surface area (TPSA) is 43.3 Å². The summed E-state index contributed by atoms with van der Waals surface area (Å²) >= 11 is 0. The van der Waals surface area contributed by atoms with Gasteiger partial charge in [-0.25, -0.2) is 4.98 Å². The van der Waals surface area contributed by atoms with Gasteiger partial charge in [0.2, 0.25) is 0 Å². The maximum atomic E-state index is 5.68. The van der Waals surface area contributed by atoms with Gasteiger partial charge in [0.25, 0.3) is 0 Å². The summed E-state index contributed by atoms with van der Waals surface area (Å²) in [6.45, 7) is 0.536. The van der Waals surface area contributed by atoms with E-state index in [1.54, 1.807) is 0 Å². The minimum absolute atomic E-state index is 0.536. The van der Waals surface area contributed by atoms with Crippen molar-refractivity contribution >= 4 is 16.4 Å². The van der Waals surface area contributed by atoms with Gasteiger partial charge in [-0.15, -0.1) is 0 Å². The molecule has 2 heterocycles. The maximum absolute atomic E-state index is 5.68. The summed E-state index contributed by atoms with van der Waals surface area (Å²) < 4.78 is 2.03. The number of imidazole rings is 1. The molecule has 0 atom stereocenters. The van der Waals surface area contributed by atoms with Crippen molar-refractivity contribution in [3.05, 3.63) is 72.6 Å². The fourth-order valence-corrected chi connectivity index (χ4v) is 2.64. The zero-order valence-corrected chi connectivity index (χ0v) is 11.5. The summed E-state index contributed by atoms with van der Waals surface area (Å²) in [6.07, 6.45) is 4.06. The number of nitrogens with zero attached hydrogens (tertiary/aromatic N) is 2. The first-order chi connectivity index (χ1) is 10.3. The number of aromatic nitrogens is 2. The number of hydrogen-bond acceptors (Lipinski definition) is 2. The van der Waals surface area contributed by atoms with E-state index in [9.17, 15) is 0 Å². The zero-order valence-electron chi connectivity index (χ0n) is 11.5. The molecule has 0 unspecified atom stereocenters. The second-order valence-electron chi connectivity index (χ2n) is 5.19. The highest BCUT2D eigenvalue weighted by molar-refractivity contribution is 5.86. The molecule has 102 valence electrons. The van der Waals surface area contributed by atoms with Gasteiger partial charge in [-0.2, -0.15) is 0 Å². The Kier molecular flexibility index (Phi) is 2.72. The van der Waals surface area contributed by atoms with Crippen LogP contribution in [0.1, 0.15) is 5.56 Å². The molecule has 0 bridgehead atoms. The first-order valence-corrected chi connectivity index (χ1v) is 7.00. The standard InChI is InChI=1S/C18H15N3/c19-11-13-7-8-21-12-17(20-18(21)9-13)16-6-5-14-3-1-2-4-15(14)10-16/h1-10,12H,11,19H2.